The molecule has 3 nitrogen and oxygen atoms in total. The summed E-state index contributed by atoms with van der Waals surface area (Å²) in [7, 11) is 0. The fourth-order valence-electron chi connectivity index (χ4n) is 3.34. The summed E-state index contributed by atoms with van der Waals surface area (Å²) in [6.45, 7) is 0.527. The normalized spacial score (nSPS) is 13.3. The highest BCUT2D eigenvalue weighted by Gasteiger charge is 2.20. The van der Waals surface area contributed by atoms with Crippen LogP contribution < -0.4 is 4.74 Å². The molecule has 0 bridgehead atoms. The molecular weight excluding hydrogens is 432 g/mol. The van der Waals surface area contributed by atoms with Gasteiger partial charge in [-0.1, -0.05) is 30.3 Å². The minimum Gasteiger partial charge on any atom is -0.488 e. The van der Waals surface area contributed by atoms with Crippen molar-refractivity contribution in [1.82, 2.24) is 0 Å². The first kappa shape index (κ1) is 18.9. The molecule has 4 rings (SSSR count). The van der Waals surface area contributed by atoms with Gasteiger partial charge in [-0.2, -0.15) is 5.26 Å². The van der Waals surface area contributed by atoms with Gasteiger partial charge >= 0.3 is 0 Å². The average molecular weight is 451 g/mol. The van der Waals surface area contributed by atoms with E-state index in [4.69, 9.17) is 4.74 Å². The van der Waals surface area contributed by atoms with E-state index in [-0.39, 0.29) is 0 Å². The van der Waals surface area contributed by atoms with Gasteiger partial charge in [-0.3, -0.25) is 0 Å². The molecule has 28 heavy (non-hydrogen) atoms. The zero-order valence-corrected chi connectivity index (χ0v) is 17.7. The zero-order chi connectivity index (χ0) is 19.3. The van der Waals surface area contributed by atoms with Gasteiger partial charge in [0, 0.05) is 11.1 Å². The maximum Gasteiger partial charge on any atom is 0.134 e. The molecule has 2 aromatic carbocycles. The topological polar surface area (TPSA) is 45.4 Å². The lowest BCUT2D eigenvalue weighted by Crippen LogP contribution is -1.99. The van der Waals surface area contributed by atoms with Gasteiger partial charge in [-0.15, -0.1) is 11.3 Å². The average Bonchev–Trinajstić information content (AvgIpc) is 3.10. The zero-order valence-electron chi connectivity index (χ0n) is 15.3. The molecule has 1 aliphatic carbocycles. The van der Waals surface area contributed by atoms with E-state index >= 15 is 0 Å². The van der Waals surface area contributed by atoms with Gasteiger partial charge in [0.2, 0.25) is 0 Å². The first-order valence-corrected chi connectivity index (χ1v) is 10.9. The Morgan fingerprint density at radius 2 is 1.96 bits per heavy atom. The van der Waals surface area contributed by atoms with E-state index in [2.05, 4.69) is 27.0 Å². The second kappa shape index (κ2) is 8.72. The van der Waals surface area contributed by atoms with Crippen LogP contribution in [0.25, 0.3) is 0 Å². The summed E-state index contributed by atoms with van der Waals surface area (Å²) in [4.78, 5) is 5.96. The van der Waals surface area contributed by atoms with Crippen molar-refractivity contribution in [1.29, 1.82) is 5.26 Å². The molecule has 1 aromatic heterocycles. The molecular formula is C23H19BrN2OS. The molecule has 0 amide bonds. The summed E-state index contributed by atoms with van der Waals surface area (Å²) in [6, 6.07) is 18.4. The standard InChI is InChI=1S/C23H19BrN2OS/c24-20-12-17(10-11-21(20)27-15-16-6-2-1-3-7-16)14-26-23-19(13-25)18-8-4-5-9-22(18)28-23/h1-3,6-7,10-12,14H,4-5,8-9,15H2. The molecule has 0 unspecified atom stereocenters. The van der Waals surface area contributed by atoms with Crippen LogP contribution in [0, 0.1) is 11.3 Å². The highest BCUT2D eigenvalue weighted by molar-refractivity contribution is 9.10. The Balaban J connectivity index is 1.49. The first-order valence-electron chi connectivity index (χ1n) is 9.29. The molecule has 0 spiro atoms. The molecule has 0 aliphatic heterocycles. The molecule has 3 aromatic rings. The van der Waals surface area contributed by atoms with Gasteiger partial charge in [-0.25, -0.2) is 4.99 Å². The van der Waals surface area contributed by atoms with Gasteiger partial charge in [0.05, 0.1) is 10.0 Å². The fraction of sp³-hybridized carbons (Fsp3) is 0.217. The quantitative estimate of drug-likeness (QED) is 0.411. The molecule has 0 atom stereocenters. The number of fused-ring (bicyclic) bond motifs is 1. The van der Waals surface area contributed by atoms with Gasteiger partial charge in [0.25, 0.3) is 0 Å². The van der Waals surface area contributed by atoms with Crippen LogP contribution in [-0.2, 0) is 19.4 Å². The number of hydrogen-bond donors (Lipinski definition) is 0. The van der Waals surface area contributed by atoms with Crippen LogP contribution in [-0.4, -0.2) is 6.21 Å². The summed E-state index contributed by atoms with van der Waals surface area (Å²) in [5.74, 6) is 0.797. The fourth-order valence-corrected chi connectivity index (χ4v) is 5.04. The molecule has 1 aliphatic rings. The van der Waals surface area contributed by atoms with Crippen molar-refractivity contribution in [2.24, 2.45) is 4.99 Å². The van der Waals surface area contributed by atoms with E-state index in [1.54, 1.807) is 11.3 Å². The van der Waals surface area contributed by atoms with E-state index in [0.29, 0.717) is 6.61 Å². The highest BCUT2D eigenvalue weighted by atomic mass is 79.9. The van der Waals surface area contributed by atoms with Crippen LogP contribution >= 0.6 is 27.3 Å². The van der Waals surface area contributed by atoms with Crippen LogP contribution in [0.5, 0.6) is 5.75 Å². The third kappa shape index (κ3) is 4.19. The summed E-state index contributed by atoms with van der Waals surface area (Å²) >= 11 is 5.25. The molecule has 5 heteroatoms. The van der Waals surface area contributed by atoms with Crippen molar-refractivity contribution in [3.05, 3.63) is 80.1 Å². The van der Waals surface area contributed by atoms with Crippen molar-refractivity contribution >= 4 is 38.5 Å². The molecule has 0 fully saturated rings. The van der Waals surface area contributed by atoms with Crippen LogP contribution in [0.4, 0.5) is 5.00 Å². The Bertz CT molecular complexity index is 1050. The first-order chi connectivity index (χ1) is 13.7. The lowest BCUT2D eigenvalue weighted by Gasteiger charge is -2.09. The van der Waals surface area contributed by atoms with Crippen LogP contribution in [0.1, 0.15) is 40.0 Å². The summed E-state index contributed by atoms with van der Waals surface area (Å²) < 4.78 is 6.79. The number of nitriles is 1. The Labute approximate surface area is 177 Å². The van der Waals surface area contributed by atoms with Crippen LogP contribution in [0.2, 0.25) is 0 Å². The number of hydrogen-bond acceptors (Lipinski definition) is 4. The van der Waals surface area contributed by atoms with Gasteiger partial charge in [-0.05, 0) is 76.5 Å². The minimum atomic E-state index is 0.527. The second-order valence-electron chi connectivity index (χ2n) is 6.73. The number of aryl methyl sites for hydroxylation is 1. The number of aliphatic imine (C=N–C) groups is 1. The number of thiophene rings is 1. The number of benzene rings is 2. The van der Waals surface area contributed by atoms with Crippen LogP contribution in [0.3, 0.4) is 0 Å². The third-order valence-corrected chi connectivity index (χ3v) is 6.61. The van der Waals surface area contributed by atoms with Crippen LogP contribution in [0.15, 0.2) is 58.0 Å². The monoisotopic (exact) mass is 450 g/mol. The van der Waals surface area contributed by atoms with Gasteiger partial charge in [0.1, 0.15) is 23.4 Å². The van der Waals surface area contributed by atoms with Crippen molar-refractivity contribution in [2.45, 2.75) is 32.3 Å². The van der Waals surface area contributed by atoms with E-state index in [1.807, 2.05) is 54.7 Å². The summed E-state index contributed by atoms with van der Waals surface area (Å²) in [5, 5.41) is 10.4. The maximum absolute atomic E-state index is 9.55. The SMILES string of the molecule is N#Cc1c(N=Cc2ccc(OCc3ccccc3)c(Br)c2)sc2c1CCCC2. The second-order valence-corrected chi connectivity index (χ2v) is 8.66. The molecule has 0 saturated carbocycles. The minimum absolute atomic E-state index is 0.527. The molecule has 0 radical (unpaired) electrons. The highest BCUT2D eigenvalue weighted by Crippen LogP contribution is 2.39. The van der Waals surface area contributed by atoms with Gasteiger partial charge < -0.3 is 4.74 Å². The molecule has 1 heterocycles. The lowest BCUT2D eigenvalue weighted by molar-refractivity contribution is 0.304. The van der Waals surface area contributed by atoms with E-state index in [1.165, 1.54) is 23.3 Å². The van der Waals surface area contributed by atoms with Crippen molar-refractivity contribution in [3.63, 3.8) is 0 Å². The smallest absolute Gasteiger partial charge is 0.134 e. The largest absolute Gasteiger partial charge is 0.488 e. The predicted octanol–water partition coefficient (Wildman–Crippen LogP) is 6.59. The lowest BCUT2D eigenvalue weighted by atomic mass is 9.96. The third-order valence-electron chi connectivity index (χ3n) is 4.79. The van der Waals surface area contributed by atoms with Crippen molar-refractivity contribution in [2.75, 3.05) is 0 Å². The molecule has 0 N–H and O–H groups in total. The summed E-state index contributed by atoms with van der Waals surface area (Å²) in [5.41, 5.74) is 4.08. The number of ether oxygens (including phenoxy) is 1. The Morgan fingerprint density at radius 3 is 2.75 bits per heavy atom. The Morgan fingerprint density at radius 1 is 1.14 bits per heavy atom. The van der Waals surface area contributed by atoms with Crippen molar-refractivity contribution < 1.29 is 4.74 Å². The van der Waals surface area contributed by atoms with E-state index in [0.717, 1.165) is 44.8 Å². The van der Waals surface area contributed by atoms with Gasteiger partial charge in [0.15, 0.2) is 0 Å². The molecule has 140 valence electrons. The van der Waals surface area contributed by atoms with E-state index in [9.17, 15) is 5.26 Å². The number of halogens is 1. The number of rotatable bonds is 5. The summed E-state index contributed by atoms with van der Waals surface area (Å²) in [6.07, 6.45) is 6.27. The Hall–Kier alpha value is -2.42. The van der Waals surface area contributed by atoms with Crippen molar-refractivity contribution in [3.8, 4) is 11.8 Å². The molecule has 0 saturated heterocycles. The predicted molar refractivity (Wildman–Crippen MR) is 118 cm³/mol. The van der Waals surface area contributed by atoms with E-state index < -0.39 is 0 Å². The Kier molecular flexibility index (Phi) is 5.90. The number of nitrogens with zero attached hydrogens (tertiary/aromatic N) is 2. The maximum atomic E-state index is 9.55.